The molecule has 3 nitrogen and oxygen atoms in total. The molecule has 0 radical (unpaired) electrons. The molecule has 0 spiro atoms. The number of hydrogen-bond donors (Lipinski definition) is 1. The second kappa shape index (κ2) is 7.09. The van der Waals surface area contributed by atoms with Crippen LogP contribution < -0.4 is 10.2 Å². The fourth-order valence-electron chi connectivity index (χ4n) is 2.95. The molecular weight excluding hydrogens is 246 g/mol. The monoisotopic (exact) mass is 275 g/mol. The number of nitrogens with one attached hydrogen (secondary N) is 1. The first-order chi connectivity index (χ1) is 9.61. The van der Waals surface area contributed by atoms with E-state index in [0.29, 0.717) is 6.04 Å². The molecule has 0 amide bonds. The molecule has 3 heteroatoms. The van der Waals surface area contributed by atoms with Gasteiger partial charge in [0, 0.05) is 31.4 Å². The first kappa shape index (κ1) is 15.3. The highest BCUT2D eigenvalue weighted by atomic mass is 15.2. The number of anilines is 1. The van der Waals surface area contributed by atoms with Gasteiger partial charge in [-0.1, -0.05) is 13.0 Å². The van der Waals surface area contributed by atoms with Crippen LogP contribution in [-0.4, -0.2) is 44.7 Å². The van der Waals surface area contributed by atoms with Crippen LogP contribution in [0.4, 0.5) is 5.69 Å². The summed E-state index contributed by atoms with van der Waals surface area (Å²) in [5.41, 5.74) is 4.20. The van der Waals surface area contributed by atoms with Crippen LogP contribution in [0.15, 0.2) is 18.2 Å². The number of hydrogen-bond acceptors (Lipinski definition) is 3. The van der Waals surface area contributed by atoms with E-state index < -0.39 is 0 Å². The highest BCUT2D eigenvalue weighted by Gasteiger charge is 2.21. The van der Waals surface area contributed by atoms with Gasteiger partial charge in [-0.05, 0) is 63.7 Å². The van der Waals surface area contributed by atoms with E-state index in [2.05, 4.69) is 61.3 Å². The SMILES string of the molecule is CCNCc1ccc(N2CCCC(N(C)C)C2)cc1C. The molecule has 20 heavy (non-hydrogen) atoms. The fourth-order valence-corrected chi connectivity index (χ4v) is 2.95. The van der Waals surface area contributed by atoms with Gasteiger partial charge in [0.1, 0.15) is 0 Å². The van der Waals surface area contributed by atoms with Crippen LogP contribution >= 0.6 is 0 Å². The van der Waals surface area contributed by atoms with Gasteiger partial charge in [-0.2, -0.15) is 0 Å². The van der Waals surface area contributed by atoms with Gasteiger partial charge >= 0.3 is 0 Å². The second-order valence-electron chi connectivity index (χ2n) is 6.10. The van der Waals surface area contributed by atoms with Crippen molar-refractivity contribution in [2.75, 3.05) is 38.6 Å². The van der Waals surface area contributed by atoms with E-state index in [-0.39, 0.29) is 0 Å². The van der Waals surface area contributed by atoms with Gasteiger partial charge in [0.25, 0.3) is 0 Å². The summed E-state index contributed by atoms with van der Waals surface area (Å²) in [6, 6.07) is 7.61. The maximum Gasteiger partial charge on any atom is 0.0369 e. The first-order valence-electron chi connectivity index (χ1n) is 7.83. The van der Waals surface area contributed by atoms with Crippen molar-refractivity contribution < 1.29 is 0 Å². The quantitative estimate of drug-likeness (QED) is 0.891. The van der Waals surface area contributed by atoms with Crippen LogP contribution in [0, 0.1) is 6.92 Å². The van der Waals surface area contributed by atoms with E-state index >= 15 is 0 Å². The maximum atomic E-state index is 3.41. The van der Waals surface area contributed by atoms with Crippen LogP contribution in [0.1, 0.15) is 30.9 Å². The van der Waals surface area contributed by atoms with Crippen molar-refractivity contribution in [1.82, 2.24) is 10.2 Å². The van der Waals surface area contributed by atoms with Crippen molar-refractivity contribution in [2.45, 2.75) is 39.3 Å². The molecule has 0 bridgehead atoms. The molecule has 1 aliphatic heterocycles. The van der Waals surface area contributed by atoms with E-state index in [4.69, 9.17) is 0 Å². The second-order valence-corrected chi connectivity index (χ2v) is 6.10. The van der Waals surface area contributed by atoms with Crippen LogP contribution in [-0.2, 0) is 6.54 Å². The van der Waals surface area contributed by atoms with Gasteiger partial charge in [0.15, 0.2) is 0 Å². The van der Waals surface area contributed by atoms with E-state index in [1.165, 1.54) is 36.2 Å². The average Bonchev–Trinajstić information content (AvgIpc) is 2.46. The lowest BCUT2D eigenvalue weighted by Crippen LogP contribution is -2.45. The number of rotatable bonds is 5. The smallest absolute Gasteiger partial charge is 0.0369 e. The van der Waals surface area contributed by atoms with Crippen LogP contribution in [0.5, 0.6) is 0 Å². The lowest BCUT2D eigenvalue weighted by atomic mass is 10.0. The highest BCUT2D eigenvalue weighted by molar-refractivity contribution is 5.51. The van der Waals surface area contributed by atoms with Gasteiger partial charge in [0.2, 0.25) is 0 Å². The van der Waals surface area contributed by atoms with E-state index in [1.807, 2.05) is 0 Å². The summed E-state index contributed by atoms with van der Waals surface area (Å²) in [4.78, 5) is 4.90. The molecule has 1 aromatic rings. The number of aryl methyl sites for hydroxylation is 1. The zero-order valence-electron chi connectivity index (χ0n) is 13.4. The van der Waals surface area contributed by atoms with Crippen molar-refractivity contribution in [1.29, 1.82) is 0 Å². The Morgan fingerprint density at radius 3 is 2.80 bits per heavy atom. The van der Waals surface area contributed by atoms with Gasteiger partial charge in [-0.3, -0.25) is 0 Å². The molecule has 1 saturated heterocycles. The Hall–Kier alpha value is -1.06. The van der Waals surface area contributed by atoms with E-state index in [0.717, 1.165) is 19.6 Å². The molecule has 1 N–H and O–H groups in total. The minimum absolute atomic E-state index is 0.686. The average molecular weight is 275 g/mol. The third-order valence-corrected chi connectivity index (χ3v) is 4.38. The number of likely N-dealkylation sites (N-methyl/N-ethyl adjacent to an activating group) is 1. The zero-order valence-corrected chi connectivity index (χ0v) is 13.4. The molecule has 1 heterocycles. The third-order valence-electron chi connectivity index (χ3n) is 4.38. The fraction of sp³-hybridized carbons (Fsp3) is 0.647. The molecular formula is C17H29N3. The van der Waals surface area contributed by atoms with Crippen LogP contribution in [0.2, 0.25) is 0 Å². The van der Waals surface area contributed by atoms with Gasteiger partial charge < -0.3 is 15.1 Å². The Labute approximate surface area is 124 Å². The maximum absolute atomic E-state index is 3.41. The number of nitrogens with zero attached hydrogens (tertiary/aromatic N) is 2. The summed E-state index contributed by atoms with van der Waals surface area (Å²) in [6.45, 7) is 8.72. The lowest BCUT2D eigenvalue weighted by Gasteiger charge is -2.37. The molecule has 112 valence electrons. The van der Waals surface area contributed by atoms with Crippen LogP contribution in [0.3, 0.4) is 0 Å². The molecule has 1 unspecified atom stereocenters. The molecule has 1 fully saturated rings. The first-order valence-corrected chi connectivity index (χ1v) is 7.83. The molecule has 0 aliphatic carbocycles. The van der Waals surface area contributed by atoms with Crippen LogP contribution in [0.25, 0.3) is 0 Å². The summed E-state index contributed by atoms with van der Waals surface area (Å²) in [6.07, 6.45) is 2.61. The Bertz CT molecular complexity index is 428. The van der Waals surface area contributed by atoms with E-state index in [9.17, 15) is 0 Å². The topological polar surface area (TPSA) is 18.5 Å². The minimum Gasteiger partial charge on any atom is -0.370 e. The lowest BCUT2D eigenvalue weighted by molar-refractivity contribution is 0.258. The standard InChI is InChI=1S/C17H29N3/c1-5-18-12-15-8-9-16(11-14(15)2)20-10-6-7-17(13-20)19(3)4/h8-9,11,17-18H,5-7,10,12-13H2,1-4H3. The normalized spacial score (nSPS) is 19.6. The van der Waals surface area contributed by atoms with Crippen molar-refractivity contribution in [3.8, 4) is 0 Å². The summed E-state index contributed by atoms with van der Waals surface area (Å²) >= 11 is 0. The van der Waals surface area contributed by atoms with Gasteiger partial charge in [0.05, 0.1) is 0 Å². The summed E-state index contributed by atoms with van der Waals surface area (Å²) in [5.74, 6) is 0. The van der Waals surface area contributed by atoms with Gasteiger partial charge in [-0.25, -0.2) is 0 Å². The molecule has 1 aromatic carbocycles. The van der Waals surface area contributed by atoms with Crippen molar-refractivity contribution >= 4 is 5.69 Å². The molecule has 1 atom stereocenters. The third kappa shape index (κ3) is 3.74. The van der Waals surface area contributed by atoms with E-state index in [1.54, 1.807) is 0 Å². The van der Waals surface area contributed by atoms with Crippen molar-refractivity contribution in [2.24, 2.45) is 0 Å². The Balaban J connectivity index is 2.07. The summed E-state index contributed by atoms with van der Waals surface area (Å²) in [5, 5.41) is 3.41. The van der Waals surface area contributed by atoms with Crippen molar-refractivity contribution in [3.63, 3.8) is 0 Å². The Morgan fingerprint density at radius 2 is 2.15 bits per heavy atom. The summed E-state index contributed by atoms with van der Waals surface area (Å²) < 4.78 is 0. The predicted octanol–water partition coefficient (Wildman–Crippen LogP) is 2.63. The number of benzene rings is 1. The zero-order chi connectivity index (χ0) is 14.5. The van der Waals surface area contributed by atoms with Crippen molar-refractivity contribution in [3.05, 3.63) is 29.3 Å². The Morgan fingerprint density at radius 1 is 1.35 bits per heavy atom. The minimum atomic E-state index is 0.686. The summed E-state index contributed by atoms with van der Waals surface area (Å²) in [7, 11) is 4.39. The highest BCUT2D eigenvalue weighted by Crippen LogP contribution is 2.24. The Kier molecular flexibility index (Phi) is 5.44. The molecule has 0 saturated carbocycles. The number of piperidine rings is 1. The van der Waals surface area contributed by atoms with Gasteiger partial charge in [-0.15, -0.1) is 0 Å². The predicted molar refractivity (Wildman–Crippen MR) is 87.5 cm³/mol. The molecule has 2 rings (SSSR count). The molecule has 0 aromatic heterocycles. The largest absolute Gasteiger partial charge is 0.370 e. The molecule has 1 aliphatic rings.